The molecule has 0 bridgehead atoms. The third kappa shape index (κ3) is 19.1. The van der Waals surface area contributed by atoms with Gasteiger partial charge in [-0.05, 0) is 154 Å². The summed E-state index contributed by atoms with van der Waals surface area (Å²) >= 11 is 0. The summed E-state index contributed by atoms with van der Waals surface area (Å²) < 4.78 is 45.4. The van der Waals surface area contributed by atoms with E-state index in [0.717, 1.165) is 17.1 Å². The van der Waals surface area contributed by atoms with Gasteiger partial charge in [-0.15, -0.1) is 0 Å². The van der Waals surface area contributed by atoms with E-state index in [1.807, 2.05) is 159 Å². The van der Waals surface area contributed by atoms with Crippen molar-refractivity contribution < 1.29 is 47.5 Å². The van der Waals surface area contributed by atoms with Gasteiger partial charge in [0, 0.05) is 89.6 Å². The lowest BCUT2D eigenvalue weighted by atomic mass is 9.86. The summed E-state index contributed by atoms with van der Waals surface area (Å²) in [7, 11) is 11.8. The highest BCUT2D eigenvalue weighted by Gasteiger charge is 2.40. The number of carbonyl (C=O) groups is 3. The van der Waals surface area contributed by atoms with Gasteiger partial charge in [0.1, 0.15) is 30.2 Å². The number of ether oxygens (including phenoxy) is 7. The summed E-state index contributed by atoms with van der Waals surface area (Å²) in [6, 6.07) is 22.6. The first-order valence-corrected chi connectivity index (χ1v) is 26.2. The molecule has 13 nitrogen and oxygen atoms in total. The Kier molecular flexibility index (Phi) is 24.2. The minimum atomic E-state index is -1.02. The van der Waals surface area contributed by atoms with E-state index in [-0.39, 0.29) is 42.5 Å². The highest BCUT2D eigenvalue weighted by Crippen LogP contribution is 2.35. The second-order valence-corrected chi connectivity index (χ2v) is 21.5. The molecule has 9 atom stereocenters. The van der Waals surface area contributed by atoms with Crippen molar-refractivity contribution in [1.82, 2.24) is 0 Å². The van der Waals surface area contributed by atoms with Crippen LogP contribution in [0.25, 0.3) is 0 Å². The van der Waals surface area contributed by atoms with Crippen molar-refractivity contribution in [2.45, 2.75) is 175 Å². The molecule has 0 amide bonds. The molecule has 0 saturated carbocycles. The van der Waals surface area contributed by atoms with Crippen LogP contribution in [0.3, 0.4) is 0 Å². The summed E-state index contributed by atoms with van der Waals surface area (Å²) in [6.07, 6.45) is 2.26. The zero-order valence-corrected chi connectivity index (χ0v) is 47.5. The van der Waals surface area contributed by atoms with Crippen LogP contribution in [0.15, 0.2) is 72.8 Å². The fourth-order valence-electron chi connectivity index (χ4n) is 8.55. The molecule has 3 aromatic carbocycles. The van der Waals surface area contributed by atoms with Crippen molar-refractivity contribution in [2.24, 2.45) is 5.41 Å². The van der Waals surface area contributed by atoms with Crippen LogP contribution in [0, 0.1) is 5.41 Å². The van der Waals surface area contributed by atoms with Crippen LogP contribution in [0.2, 0.25) is 0 Å². The Morgan fingerprint density at radius 3 is 1.44 bits per heavy atom. The van der Waals surface area contributed by atoms with Crippen molar-refractivity contribution in [3.63, 3.8) is 0 Å². The fraction of sp³-hybridized carbons (Fsp3) is 0.644. The van der Waals surface area contributed by atoms with Crippen molar-refractivity contribution in [2.75, 3.05) is 83.4 Å². The first-order valence-electron chi connectivity index (χ1n) is 26.2. The number of benzene rings is 3. The Bertz CT molecular complexity index is 2100. The van der Waals surface area contributed by atoms with Gasteiger partial charge in [0.25, 0.3) is 0 Å². The largest absolute Gasteiger partial charge is 0.486 e. The standard InChI is InChI=1S/C59H93N3O10/c1-19-56(10,36-44(7)70-46(9)53(63)38-66-52-33-31-51(32-34-52)62(17)18)68-40-59(22-4,39-67-42(5)35-43(6)71-55(65)48-25-29-50(30-26-48)61(15)16)41-69-57(11,20-2)37-45(8)72-58(12,21-3)54(64)47-23-27-49(28-24-47)60(13)14/h23-34,42-46H,19-22,35-41H2,1-18H3/t42-,43?,44?,45?,46+,56?,57?,58?,59?/m0/s1. The molecule has 0 aliphatic rings. The average molecular weight is 1000 g/mol. The third-order valence-corrected chi connectivity index (χ3v) is 14.3. The smallest absolute Gasteiger partial charge is 0.338 e. The Hall–Kier alpha value is -4.53. The van der Waals surface area contributed by atoms with Crippen LogP contribution < -0.4 is 19.4 Å². The van der Waals surface area contributed by atoms with Crippen LogP contribution in [0.4, 0.5) is 17.1 Å². The van der Waals surface area contributed by atoms with Gasteiger partial charge in [-0.3, -0.25) is 9.59 Å². The second-order valence-electron chi connectivity index (χ2n) is 21.5. The Morgan fingerprint density at radius 1 is 0.542 bits per heavy atom. The number of hydrogen-bond acceptors (Lipinski definition) is 13. The zero-order valence-electron chi connectivity index (χ0n) is 47.5. The van der Waals surface area contributed by atoms with Gasteiger partial charge >= 0.3 is 5.97 Å². The molecule has 404 valence electrons. The number of anilines is 3. The SMILES string of the molecule is CCC(CO[C@@H](C)CC(C)OC(=O)c1ccc(N(C)C)cc1)(COC(C)(CC)CC(C)O[C@H](C)C(=O)COc1ccc(N(C)C)cc1)COC(C)(CC)CC(C)OC(C)(CC)C(=O)c1ccc(N(C)C)cc1. The zero-order chi connectivity index (χ0) is 54.0. The molecule has 0 heterocycles. The van der Waals surface area contributed by atoms with Gasteiger partial charge in [-0.25, -0.2) is 4.79 Å². The van der Waals surface area contributed by atoms with Crippen LogP contribution >= 0.6 is 0 Å². The predicted octanol–water partition coefficient (Wildman–Crippen LogP) is 11.7. The lowest BCUT2D eigenvalue weighted by molar-refractivity contribution is -0.171. The molecule has 0 fully saturated rings. The van der Waals surface area contributed by atoms with Crippen LogP contribution in [-0.4, -0.2) is 134 Å². The molecule has 3 rings (SSSR count). The molecule has 13 heteroatoms. The molecular formula is C59H93N3O10. The van der Waals surface area contributed by atoms with Gasteiger partial charge in [-0.2, -0.15) is 0 Å². The van der Waals surface area contributed by atoms with Crippen molar-refractivity contribution in [1.29, 1.82) is 0 Å². The predicted molar refractivity (Wildman–Crippen MR) is 293 cm³/mol. The summed E-state index contributed by atoms with van der Waals surface area (Å²) in [4.78, 5) is 46.2. The van der Waals surface area contributed by atoms with Gasteiger partial charge in [-0.1, -0.05) is 27.7 Å². The molecule has 0 spiro atoms. The minimum absolute atomic E-state index is 0.0480. The molecule has 0 aliphatic carbocycles. The number of hydrogen-bond donors (Lipinski definition) is 0. The molecule has 3 aromatic rings. The maximum atomic E-state index is 14.0. The van der Waals surface area contributed by atoms with Gasteiger partial charge in [0.15, 0.2) is 11.6 Å². The average Bonchev–Trinajstić information content (AvgIpc) is 3.35. The highest BCUT2D eigenvalue weighted by atomic mass is 16.6. The molecule has 7 unspecified atom stereocenters. The van der Waals surface area contributed by atoms with E-state index in [1.54, 1.807) is 19.1 Å². The molecule has 0 aliphatic heterocycles. The summed E-state index contributed by atoms with van der Waals surface area (Å²) in [5, 5.41) is 0. The summed E-state index contributed by atoms with van der Waals surface area (Å²) in [5.74, 6) is 0.0550. The number of carbonyl (C=O) groups excluding carboxylic acids is 3. The molecule has 0 radical (unpaired) electrons. The second kappa shape index (κ2) is 28.2. The Labute approximate surface area is 434 Å². The van der Waals surface area contributed by atoms with E-state index in [1.165, 1.54) is 0 Å². The summed E-state index contributed by atoms with van der Waals surface area (Å²) in [6.45, 7) is 25.0. The maximum Gasteiger partial charge on any atom is 0.338 e. The van der Waals surface area contributed by atoms with Gasteiger partial charge < -0.3 is 47.9 Å². The third-order valence-electron chi connectivity index (χ3n) is 14.3. The highest BCUT2D eigenvalue weighted by molar-refractivity contribution is 6.02. The van der Waals surface area contributed by atoms with Crippen molar-refractivity contribution in [3.8, 4) is 5.75 Å². The summed E-state index contributed by atoms with van der Waals surface area (Å²) in [5.41, 5.74) is 1.36. The molecule has 0 saturated heterocycles. The normalized spacial score (nSPS) is 17.1. The first kappa shape index (κ1) is 61.8. The number of ketones is 2. The Balaban J connectivity index is 1.77. The number of Topliss-reactive ketones (excluding diaryl/α,β-unsaturated/α-hetero) is 2. The van der Waals surface area contributed by atoms with E-state index in [4.69, 9.17) is 33.2 Å². The quantitative estimate of drug-likeness (QED) is 0.0417. The van der Waals surface area contributed by atoms with E-state index in [9.17, 15) is 14.4 Å². The molecule has 72 heavy (non-hydrogen) atoms. The van der Waals surface area contributed by atoms with Crippen molar-refractivity contribution in [3.05, 3.63) is 83.9 Å². The van der Waals surface area contributed by atoms with Gasteiger partial charge in [0.2, 0.25) is 0 Å². The number of nitrogens with zero attached hydrogens (tertiary/aromatic N) is 3. The number of esters is 1. The fourth-order valence-corrected chi connectivity index (χ4v) is 8.55. The monoisotopic (exact) mass is 1000 g/mol. The lowest BCUT2D eigenvalue weighted by Gasteiger charge is -2.42. The van der Waals surface area contributed by atoms with E-state index >= 15 is 0 Å². The lowest BCUT2D eigenvalue weighted by Crippen LogP contribution is -2.46. The molecular weight excluding hydrogens is 911 g/mol. The van der Waals surface area contributed by atoms with Crippen LogP contribution in [0.1, 0.15) is 149 Å². The minimum Gasteiger partial charge on any atom is -0.486 e. The van der Waals surface area contributed by atoms with E-state index in [2.05, 4.69) is 34.6 Å². The van der Waals surface area contributed by atoms with Gasteiger partial charge in [0.05, 0.1) is 54.9 Å². The number of rotatable bonds is 34. The van der Waals surface area contributed by atoms with Crippen LogP contribution in [0.5, 0.6) is 5.75 Å². The van der Waals surface area contributed by atoms with Crippen LogP contribution in [-0.2, 0) is 33.2 Å². The topological polar surface area (TPSA) is 126 Å². The van der Waals surface area contributed by atoms with E-state index in [0.29, 0.717) is 81.6 Å². The first-order chi connectivity index (χ1) is 33.7. The van der Waals surface area contributed by atoms with E-state index < -0.39 is 34.4 Å². The molecule has 0 aromatic heterocycles. The maximum absolute atomic E-state index is 14.0. The Morgan fingerprint density at radius 2 is 1.00 bits per heavy atom. The molecule has 0 N–H and O–H groups in total. The van der Waals surface area contributed by atoms with Crippen molar-refractivity contribution >= 4 is 34.6 Å².